The normalized spacial score (nSPS) is 21.1. The molecule has 1 rings (SSSR count). The first kappa shape index (κ1) is 13.8. The van der Waals surface area contributed by atoms with Gasteiger partial charge in [-0.3, -0.25) is 4.79 Å². The van der Waals surface area contributed by atoms with Crippen LogP contribution in [0.3, 0.4) is 0 Å². The van der Waals surface area contributed by atoms with E-state index in [4.69, 9.17) is 0 Å². The Balaban J connectivity index is 2.50. The Kier molecular flexibility index (Phi) is 5.12. The molecule has 0 radical (unpaired) electrons. The minimum absolute atomic E-state index is 0.162. The summed E-state index contributed by atoms with van der Waals surface area (Å²) in [6, 6.07) is 0.400. The monoisotopic (exact) mass is 244 g/mol. The smallest absolute Gasteiger partial charge is 0.235 e. The maximum Gasteiger partial charge on any atom is 0.235 e. The maximum atomic E-state index is 12.1. The molecule has 0 aromatic heterocycles. The summed E-state index contributed by atoms with van der Waals surface area (Å²) in [6.45, 7) is 6.25. The largest absolute Gasteiger partial charge is 0.342 e. The Morgan fingerprint density at radius 1 is 1.38 bits per heavy atom. The molecular formula is C12H24N2OS. The van der Waals surface area contributed by atoms with Gasteiger partial charge in [-0.15, -0.1) is 0 Å². The quantitative estimate of drug-likeness (QED) is 0.761. The van der Waals surface area contributed by atoms with Crippen molar-refractivity contribution in [3.8, 4) is 0 Å². The number of hydrogen-bond acceptors (Lipinski definition) is 3. The van der Waals surface area contributed by atoms with Crippen molar-refractivity contribution in [3.63, 3.8) is 0 Å². The number of rotatable bonds is 3. The highest BCUT2D eigenvalue weighted by molar-refractivity contribution is 7.81. The molecule has 1 amide bonds. The molecule has 1 unspecified atom stereocenters. The van der Waals surface area contributed by atoms with Crippen LogP contribution in [-0.4, -0.2) is 54.2 Å². The molecule has 1 atom stereocenters. The number of piperidine rings is 1. The topological polar surface area (TPSA) is 23.6 Å². The minimum Gasteiger partial charge on any atom is -0.342 e. The van der Waals surface area contributed by atoms with Crippen molar-refractivity contribution in [2.24, 2.45) is 5.92 Å². The number of nitrogens with zero attached hydrogens (tertiary/aromatic N) is 2. The number of carbonyl (C=O) groups excluding carboxylic acids is 1. The van der Waals surface area contributed by atoms with Crippen LogP contribution < -0.4 is 0 Å². The van der Waals surface area contributed by atoms with Crippen molar-refractivity contribution in [1.29, 1.82) is 0 Å². The molecule has 1 aliphatic heterocycles. The third kappa shape index (κ3) is 3.39. The average molecular weight is 244 g/mol. The number of hydrogen-bond donors (Lipinski definition) is 1. The highest BCUT2D eigenvalue weighted by Crippen LogP contribution is 2.18. The van der Waals surface area contributed by atoms with Crippen molar-refractivity contribution in [1.82, 2.24) is 9.80 Å². The van der Waals surface area contributed by atoms with E-state index in [-0.39, 0.29) is 11.2 Å². The van der Waals surface area contributed by atoms with Crippen LogP contribution in [0.25, 0.3) is 0 Å². The van der Waals surface area contributed by atoms with Crippen molar-refractivity contribution in [3.05, 3.63) is 0 Å². The third-order valence-electron chi connectivity index (χ3n) is 3.47. The van der Waals surface area contributed by atoms with Gasteiger partial charge in [-0.1, -0.05) is 13.8 Å². The van der Waals surface area contributed by atoms with Crippen LogP contribution >= 0.6 is 12.6 Å². The zero-order chi connectivity index (χ0) is 12.3. The lowest BCUT2D eigenvalue weighted by Gasteiger charge is -2.36. The zero-order valence-corrected chi connectivity index (χ0v) is 11.7. The van der Waals surface area contributed by atoms with Gasteiger partial charge < -0.3 is 9.80 Å². The summed E-state index contributed by atoms with van der Waals surface area (Å²) >= 11 is 4.39. The highest BCUT2D eigenvalue weighted by atomic mass is 32.1. The van der Waals surface area contributed by atoms with E-state index >= 15 is 0 Å². The van der Waals surface area contributed by atoms with Crippen LogP contribution in [0.5, 0.6) is 0 Å². The van der Waals surface area contributed by atoms with Crippen LogP contribution in [0, 0.1) is 5.92 Å². The van der Waals surface area contributed by atoms with Crippen molar-refractivity contribution in [2.45, 2.75) is 38.0 Å². The van der Waals surface area contributed by atoms with Gasteiger partial charge in [-0.05, 0) is 38.9 Å². The Hall–Kier alpha value is -0.220. The number of thiol groups is 1. The Bertz CT molecular complexity index is 237. The lowest BCUT2D eigenvalue weighted by Crippen LogP contribution is -2.47. The Morgan fingerprint density at radius 3 is 2.31 bits per heavy atom. The molecule has 1 aliphatic rings. The lowest BCUT2D eigenvalue weighted by molar-refractivity contribution is -0.132. The van der Waals surface area contributed by atoms with Gasteiger partial charge in [-0.2, -0.15) is 12.6 Å². The maximum absolute atomic E-state index is 12.1. The van der Waals surface area contributed by atoms with Gasteiger partial charge in [0.25, 0.3) is 0 Å². The van der Waals surface area contributed by atoms with E-state index in [1.165, 1.54) is 0 Å². The fourth-order valence-electron chi connectivity index (χ4n) is 2.06. The summed E-state index contributed by atoms with van der Waals surface area (Å²) < 4.78 is 0. The molecule has 1 saturated heterocycles. The lowest BCUT2D eigenvalue weighted by atomic mass is 10.0. The van der Waals surface area contributed by atoms with Crippen molar-refractivity contribution >= 4 is 18.5 Å². The second-order valence-corrected chi connectivity index (χ2v) is 5.73. The first-order chi connectivity index (χ1) is 7.43. The molecule has 94 valence electrons. The average Bonchev–Trinajstić information content (AvgIpc) is 2.27. The molecule has 0 aliphatic carbocycles. The summed E-state index contributed by atoms with van der Waals surface area (Å²) in [7, 11) is 4.05. The standard InChI is InChI=1S/C12H24N2OS/c1-9(2)11(16)12(15)14(4)10-5-7-13(3)8-6-10/h9-11,16H,5-8H2,1-4H3. The van der Waals surface area contributed by atoms with E-state index in [9.17, 15) is 4.79 Å². The number of likely N-dealkylation sites (tertiary alicyclic amines) is 1. The Morgan fingerprint density at radius 2 is 1.88 bits per heavy atom. The first-order valence-corrected chi connectivity index (χ1v) is 6.58. The van der Waals surface area contributed by atoms with E-state index in [1.54, 1.807) is 0 Å². The van der Waals surface area contributed by atoms with E-state index in [1.807, 2.05) is 25.8 Å². The molecule has 1 heterocycles. The van der Waals surface area contributed by atoms with Gasteiger partial charge in [0.05, 0.1) is 5.25 Å². The summed E-state index contributed by atoms with van der Waals surface area (Å²) in [5, 5.41) is -0.162. The summed E-state index contributed by atoms with van der Waals surface area (Å²) in [6.07, 6.45) is 2.16. The molecule has 1 fully saturated rings. The third-order valence-corrected chi connectivity index (χ3v) is 4.29. The second kappa shape index (κ2) is 5.92. The molecule has 0 aromatic carbocycles. The molecule has 16 heavy (non-hydrogen) atoms. The summed E-state index contributed by atoms with van der Waals surface area (Å²) in [5.74, 6) is 0.470. The predicted octanol–water partition coefficient (Wildman–Crippen LogP) is 1.49. The second-order valence-electron chi connectivity index (χ2n) is 5.17. The van der Waals surface area contributed by atoms with Gasteiger partial charge in [0.1, 0.15) is 0 Å². The zero-order valence-electron chi connectivity index (χ0n) is 10.8. The van der Waals surface area contributed by atoms with Crippen molar-refractivity contribution in [2.75, 3.05) is 27.2 Å². The van der Waals surface area contributed by atoms with Gasteiger partial charge in [0, 0.05) is 13.1 Å². The van der Waals surface area contributed by atoms with E-state index in [0.717, 1.165) is 25.9 Å². The van der Waals surface area contributed by atoms with Gasteiger partial charge in [0.15, 0.2) is 0 Å². The van der Waals surface area contributed by atoms with Gasteiger partial charge in [0.2, 0.25) is 5.91 Å². The van der Waals surface area contributed by atoms with Crippen molar-refractivity contribution < 1.29 is 4.79 Å². The van der Waals surface area contributed by atoms with E-state index in [2.05, 4.69) is 24.6 Å². The highest BCUT2D eigenvalue weighted by Gasteiger charge is 2.28. The first-order valence-electron chi connectivity index (χ1n) is 6.06. The van der Waals surface area contributed by atoms with Crippen LogP contribution in [0.2, 0.25) is 0 Å². The fourth-order valence-corrected chi connectivity index (χ4v) is 2.24. The summed E-state index contributed by atoms with van der Waals surface area (Å²) in [5.41, 5.74) is 0. The predicted molar refractivity (Wildman–Crippen MR) is 70.9 cm³/mol. The van der Waals surface area contributed by atoms with Gasteiger partial charge in [-0.25, -0.2) is 0 Å². The molecule has 0 aromatic rings. The van der Waals surface area contributed by atoms with E-state index in [0.29, 0.717) is 12.0 Å². The number of carbonyl (C=O) groups is 1. The number of amides is 1. The molecule has 0 N–H and O–H groups in total. The fraction of sp³-hybridized carbons (Fsp3) is 0.917. The molecular weight excluding hydrogens is 220 g/mol. The molecule has 0 bridgehead atoms. The van der Waals surface area contributed by atoms with Crippen LogP contribution in [0.4, 0.5) is 0 Å². The Labute approximate surface area is 105 Å². The molecule has 3 nitrogen and oxygen atoms in total. The van der Waals surface area contributed by atoms with Crippen LogP contribution in [0.15, 0.2) is 0 Å². The minimum atomic E-state index is -0.162. The van der Waals surface area contributed by atoms with Crippen LogP contribution in [0.1, 0.15) is 26.7 Å². The summed E-state index contributed by atoms with van der Waals surface area (Å²) in [4.78, 5) is 16.3. The molecule has 0 spiro atoms. The van der Waals surface area contributed by atoms with Gasteiger partial charge >= 0.3 is 0 Å². The van der Waals surface area contributed by atoms with E-state index < -0.39 is 0 Å². The SMILES string of the molecule is CC(C)C(S)C(=O)N(C)C1CCN(C)CC1. The van der Waals surface area contributed by atoms with Crippen LogP contribution in [-0.2, 0) is 4.79 Å². The molecule has 4 heteroatoms. The molecule has 0 saturated carbocycles.